The fraction of sp³-hybridized carbons (Fsp3) is 0.333. The Morgan fingerprint density at radius 2 is 2.08 bits per heavy atom. The van der Waals surface area contributed by atoms with Gasteiger partial charge in [0.2, 0.25) is 5.91 Å². The third-order valence-corrected chi connectivity index (χ3v) is 4.75. The molecule has 3 heterocycles. The van der Waals surface area contributed by atoms with Gasteiger partial charge in [-0.3, -0.25) is 9.59 Å². The van der Waals surface area contributed by atoms with Gasteiger partial charge in [-0.1, -0.05) is 18.2 Å². The lowest BCUT2D eigenvalue weighted by Crippen LogP contribution is -2.24. The fourth-order valence-corrected chi connectivity index (χ4v) is 3.34. The number of carbonyl (C=O) groups is 1. The number of aromatic nitrogens is 4. The molecule has 1 aliphatic rings. The Labute approximate surface area is 144 Å². The molecule has 1 unspecified atom stereocenters. The van der Waals surface area contributed by atoms with Gasteiger partial charge in [0.1, 0.15) is 11.6 Å². The van der Waals surface area contributed by atoms with E-state index in [0.29, 0.717) is 16.5 Å². The number of benzene rings is 1. The van der Waals surface area contributed by atoms with Crippen molar-refractivity contribution >= 4 is 22.5 Å². The Balaban J connectivity index is 1.64. The molecule has 2 N–H and O–H groups in total. The van der Waals surface area contributed by atoms with Crippen molar-refractivity contribution in [2.24, 2.45) is 0 Å². The number of nitrogens with zero attached hydrogens (tertiary/aromatic N) is 3. The van der Waals surface area contributed by atoms with Crippen LogP contribution in [-0.2, 0) is 17.8 Å². The standard InChI is InChI=1S/C18H19N5O2/c1-11(16-12-6-2-3-7-13(12)18(25)22-21-16)17(24)20-15-10-19-14-8-4-5-9-23(14)15/h2-3,6-7,10-11H,4-5,8-9H2,1H3,(H,20,24)(H,22,25). The Morgan fingerprint density at radius 1 is 1.28 bits per heavy atom. The molecule has 25 heavy (non-hydrogen) atoms. The van der Waals surface area contributed by atoms with Crippen molar-refractivity contribution in [3.8, 4) is 0 Å². The van der Waals surface area contributed by atoms with E-state index >= 15 is 0 Å². The second kappa shape index (κ2) is 6.16. The number of H-pyrrole nitrogens is 1. The van der Waals surface area contributed by atoms with Gasteiger partial charge in [0.05, 0.1) is 23.2 Å². The first-order valence-corrected chi connectivity index (χ1v) is 8.47. The van der Waals surface area contributed by atoms with Crippen LogP contribution in [0.1, 0.15) is 37.2 Å². The molecule has 1 aromatic carbocycles. The highest BCUT2D eigenvalue weighted by atomic mass is 16.2. The molecule has 7 nitrogen and oxygen atoms in total. The molecule has 0 bridgehead atoms. The summed E-state index contributed by atoms with van der Waals surface area (Å²) in [5, 5.41) is 10.8. The maximum absolute atomic E-state index is 12.7. The van der Waals surface area contributed by atoms with Crippen molar-refractivity contribution in [3.63, 3.8) is 0 Å². The molecule has 0 aliphatic carbocycles. The molecule has 4 rings (SSSR count). The number of rotatable bonds is 3. The summed E-state index contributed by atoms with van der Waals surface area (Å²) in [6.07, 6.45) is 4.88. The second-order valence-electron chi connectivity index (χ2n) is 6.36. The lowest BCUT2D eigenvalue weighted by Gasteiger charge is -2.18. The van der Waals surface area contributed by atoms with Gasteiger partial charge in [-0.2, -0.15) is 5.10 Å². The van der Waals surface area contributed by atoms with Gasteiger partial charge in [0.15, 0.2) is 0 Å². The zero-order valence-electron chi connectivity index (χ0n) is 14.0. The number of hydrogen-bond acceptors (Lipinski definition) is 4. The number of carbonyl (C=O) groups excluding carboxylic acids is 1. The average Bonchev–Trinajstić information content (AvgIpc) is 3.05. The van der Waals surface area contributed by atoms with Crippen molar-refractivity contribution in [1.29, 1.82) is 0 Å². The predicted molar refractivity (Wildman–Crippen MR) is 94.6 cm³/mol. The van der Waals surface area contributed by atoms with Crippen LogP contribution in [0.3, 0.4) is 0 Å². The molecule has 3 aromatic rings. The second-order valence-corrected chi connectivity index (χ2v) is 6.36. The van der Waals surface area contributed by atoms with Crippen molar-refractivity contribution < 1.29 is 4.79 Å². The number of aryl methyl sites for hydroxylation is 1. The van der Waals surface area contributed by atoms with Gasteiger partial charge < -0.3 is 9.88 Å². The monoisotopic (exact) mass is 337 g/mol. The Bertz CT molecular complexity index is 1000. The SMILES string of the molecule is CC(C(=O)Nc1cnc2n1CCCC2)c1n[nH]c(=O)c2ccccc12. The summed E-state index contributed by atoms with van der Waals surface area (Å²) in [6, 6.07) is 7.18. The van der Waals surface area contributed by atoms with Crippen LogP contribution < -0.4 is 10.9 Å². The quantitative estimate of drug-likeness (QED) is 0.766. The lowest BCUT2D eigenvalue weighted by molar-refractivity contribution is -0.117. The number of nitrogens with one attached hydrogen (secondary N) is 2. The van der Waals surface area contributed by atoms with E-state index < -0.39 is 5.92 Å². The van der Waals surface area contributed by atoms with Crippen LogP contribution in [0.5, 0.6) is 0 Å². The first-order valence-electron chi connectivity index (χ1n) is 8.47. The van der Waals surface area contributed by atoms with E-state index in [1.165, 1.54) is 0 Å². The molecule has 0 saturated carbocycles. The summed E-state index contributed by atoms with van der Waals surface area (Å²) in [6.45, 7) is 2.66. The summed E-state index contributed by atoms with van der Waals surface area (Å²) in [7, 11) is 0. The van der Waals surface area contributed by atoms with Gasteiger partial charge in [0.25, 0.3) is 5.56 Å². The van der Waals surface area contributed by atoms with Crippen LogP contribution in [0.4, 0.5) is 5.82 Å². The molecule has 0 radical (unpaired) electrons. The van der Waals surface area contributed by atoms with Crippen molar-refractivity contribution in [2.75, 3.05) is 5.32 Å². The highest BCUT2D eigenvalue weighted by molar-refractivity contribution is 5.97. The van der Waals surface area contributed by atoms with Gasteiger partial charge in [-0.05, 0) is 25.8 Å². The molecular weight excluding hydrogens is 318 g/mol. The molecule has 1 amide bonds. The van der Waals surface area contributed by atoms with E-state index in [1.54, 1.807) is 25.3 Å². The molecule has 2 aromatic heterocycles. The molecule has 128 valence electrons. The van der Waals surface area contributed by atoms with Crippen LogP contribution in [0.25, 0.3) is 10.8 Å². The fourth-order valence-electron chi connectivity index (χ4n) is 3.34. The van der Waals surface area contributed by atoms with E-state index in [2.05, 4.69) is 25.1 Å². The Morgan fingerprint density at radius 3 is 2.92 bits per heavy atom. The Hall–Kier alpha value is -2.96. The lowest BCUT2D eigenvalue weighted by atomic mass is 10.0. The van der Waals surface area contributed by atoms with E-state index in [0.717, 1.165) is 37.4 Å². The Kier molecular flexibility index (Phi) is 3.83. The zero-order chi connectivity index (χ0) is 17.4. The van der Waals surface area contributed by atoms with E-state index in [4.69, 9.17) is 0 Å². The number of anilines is 1. The van der Waals surface area contributed by atoms with Crippen LogP contribution in [0, 0.1) is 0 Å². The van der Waals surface area contributed by atoms with Gasteiger partial charge >= 0.3 is 0 Å². The van der Waals surface area contributed by atoms with Crippen LogP contribution in [0.15, 0.2) is 35.3 Å². The normalized spacial score (nSPS) is 14.9. The number of amides is 1. The third-order valence-electron chi connectivity index (χ3n) is 4.75. The zero-order valence-corrected chi connectivity index (χ0v) is 14.0. The first kappa shape index (κ1) is 15.6. The summed E-state index contributed by atoms with van der Waals surface area (Å²) >= 11 is 0. The smallest absolute Gasteiger partial charge is 0.272 e. The minimum atomic E-state index is -0.503. The molecule has 7 heteroatoms. The van der Waals surface area contributed by atoms with Crippen LogP contribution in [0.2, 0.25) is 0 Å². The summed E-state index contributed by atoms with van der Waals surface area (Å²) < 4.78 is 2.06. The number of fused-ring (bicyclic) bond motifs is 2. The van der Waals surface area contributed by atoms with E-state index in [-0.39, 0.29) is 11.5 Å². The van der Waals surface area contributed by atoms with Gasteiger partial charge in [0, 0.05) is 18.4 Å². The highest BCUT2D eigenvalue weighted by Gasteiger charge is 2.23. The largest absolute Gasteiger partial charge is 0.315 e. The van der Waals surface area contributed by atoms with Crippen molar-refractivity contribution in [3.05, 3.63) is 52.3 Å². The van der Waals surface area contributed by atoms with Gasteiger partial charge in [-0.25, -0.2) is 10.1 Å². The molecule has 1 aliphatic heterocycles. The summed E-state index contributed by atoms with van der Waals surface area (Å²) in [4.78, 5) is 29.0. The minimum absolute atomic E-state index is 0.169. The summed E-state index contributed by atoms with van der Waals surface area (Å²) in [5.74, 6) is 1.07. The van der Waals surface area contributed by atoms with Gasteiger partial charge in [-0.15, -0.1) is 0 Å². The third kappa shape index (κ3) is 2.71. The molecule has 1 atom stereocenters. The summed E-state index contributed by atoms with van der Waals surface area (Å²) in [5.41, 5.74) is 0.308. The maximum atomic E-state index is 12.7. The molecule has 0 saturated heterocycles. The van der Waals surface area contributed by atoms with Crippen molar-refractivity contribution in [2.45, 2.75) is 38.6 Å². The average molecular weight is 337 g/mol. The van der Waals surface area contributed by atoms with Crippen molar-refractivity contribution in [1.82, 2.24) is 19.7 Å². The van der Waals surface area contributed by atoms with Crippen LogP contribution >= 0.6 is 0 Å². The first-order chi connectivity index (χ1) is 12.1. The van der Waals surface area contributed by atoms with E-state index in [1.807, 2.05) is 12.1 Å². The minimum Gasteiger partial charge on any atom is -0.315 e. The number of hydrogen-bond donors (Lipinski definition) is 2. The molecule has 0 spiro atoms. The molecular formula is C18H19N5O2. The molecule has 0 fully saturated rings. The van der Waals surface area contributed by atoms with Crippen LogP contribution in [-0.4, -0.2) is 25.7 Å². The topological polar surface area (TPSA) is 92.7 Å². The van der Waals surface area contributed by atoms with E-state index in [9.17, 15) is 9.59 Å². The number of aromatic amines is 1. The number of imidazole rings is 1. The predicted octanol–water partition coefficient (Wildman–Crippen LogP) is 2.20. The highest BCUT2D eigenvalue weighted by Crippen LogP contribution is 2.24. The maximum Gasteiger partial charge on any atom is 0.272 e.